The van der Waals surface area contributed by atoms with Crippen LogP contribution in [-0.4, -0.2) is 45.7 Å². The lowest BCUT2D eigenvalue weighted by Crippen LogP contribution is -2.46. The third-order valence-electron chi connectivity index (χ3n) is 6.59. The predicted molar refractivity (Wildman–Crippen MR) is 141 cm³/mol. The Morgan fingerprint density at radius 2 is 1.59 bits per heavy atom. The summed E-state index contributed by atoms with van der Waals surface area (Å²) in [4.78, 5) is 10.1. The molecular weight excluding hydrogens is 442 g/mol. The maximum atomic E-state index is 6.05. The minimum absolute atomic E-state index is 0.0565. The van der Waals surface area contributed by atoms with Gasteiger partial charge in [0.05, 0.1) is 11.4 Å². The van der Waals surface area contributed by atoms with E-state index in [2.05, 4.69) is 84.5 Å². The maximum Gasteiger partial charge on any atom is 0.165 e. The fourth-order valence-corrected chi connectivity index (χ4v) is 4.77. The molecule has 0 saturated carbocycles. The highest BCUT2D eigenvalue weighted by Crippen LogP contribution is 2.33. The van der Waals surface area contributed by atoms with Gasteiger partial charge < -0.3 is 4.90 Å². The topological polar surface area (TPSA) is 36.7 Å². The summed E-state index contributed by atoms with van der Waals surface area (Å²) in [6.07, 6.45) is 0. The molecule has 6 heteroatoms. The summed E-state index contributed by atoms with van der Waals surface area (Å²) in [5, 5.41) is 5.76. The van der Waals surface area contributed by atoms with Gasteiger partial charge in [0, 0.05) is 54.8 Å². The summed E-state index contributed by atoms with van der Waals surface area (Å²) in [7, 11) is 0. The Kier molecular flexibility index (Phi) is 6.09. The van der Waals surface area contributed by atoms with Crippen molar-refractivity contribution in [1.29, 1.82) is 0 Å². The van der Waals surface area contributed by atoms with E-state index in [4.69, 9.17) is 21.7 Å². The van der Waals surface area contributed by atoms with Crippen LogP contribution >= 0.6 is 11.6 Å². The maximum absolute atomic E-state index is 6.05. The van der Waals surface area contributed by atoms with Crippen molar-refractivity contribution in [2.24, 2.45) is 0 Å². The summed E-state index contributed by atoms with van der Waals surface area (Å²) >= 11 is 6.05. The number of hydrogen-bond donors (Lipinski definition) is 0. The van der Waals surface area contributed by atoms with Gasteiger partial charge in [-0.2, -0.15) is 9.61 Å². The van der Waals surface area contributed by atoms with Crippen LogP contribution in [0.4, 0.5) is 5.82 Å². The van der Waals surface area contributed by atoms with Crippen molar-refractivity contribution in [2.45, 2.75) is 39.7 Å². The summed E-state index contributed by atoms with van der Waals surface area (Å²) in [5.41, 5.74) is 6.56. The molecule has 1 saturated heterocycles. The van der Waals surface area contributed by atoms with Crippen molar-refractivity contribution in [3.05, 3.63) is 82.6 Å². The molecule has 1 aliphatic heterocycles. The molecule has 5 rings (SSSR count). The fourth-order valence-electron chi connectivity index (χ4n) is 4.64. The monoisotopic (exact) mass is 473 g/mol. The predicted octanol–water partition coefficient (Wildman–Crippen LogP) is 5.98. The van der Waals surface area contributed by atoms with Crippen LogP contribution in [0.5, 0.6) is 0 Å². The number of hydrogen-bond acceptors (Lipinski definition) is 4. The van der Waals surface area contributed by atoms with Gasteiger partial charge in [0.1, 0.15) is 5.82 Å². The highest BCUT2D eigenvalue weighted by molar-refractivity contribution is 6.30. The molecule has 0 aliphatic carbocycles. The third kappa shape index (κ3) is 4.55. The number of benzene rings is 2. The molecule has 3 heterocycles. The fraction of sp³-hybridized carbons (Fsp3) is 0.357. The number of aryl methyl sites for hydroxylation is 1. The number of rotatable bonds is 4. The molecule has 4 aromatic rings. The van der Waals surface area contributed by atoms with E-state index in [1.54, 1.807) is 0 Å². The molecule has 0 N–H and O–H groups in total. The summed E-state index contributed by atoms with van der Waals surface area (Å²) in [6, 6.07) is 20.9. The van der Waals surface area contributed by atoms with Gasteiger partial charge in [0.15, 0.2) is 5.65 Å². The Balaban J connectivity index is 1.48. The lowest BCUT2D eigenvalue weighted by molar-refractivity contribution is 0.249. The van der Waals surface area contributed by atoms with E-state index in [-0.39, 0.29) is 5.41 Å². The highest BCUT2D eigenvalue weighted by Gasteiger charge is 2.26. The first-order valence-electron chi connectivity index (χ1n) is 12.0. The Hall–Kier alpha value is -2.89. The minimum Gasteiger partial charge on any atom is -0.354 e. The molecule has 0 spiro atoms. The van der Waals surface area contributed by atoms with E-state index in [0.717, 1.165) is 71.7 Å². The van der Waals surface area contributed by atoms with Gasteiger partial charge in [-0.15, -0.1) is 0 Å². The summed E-state index contributed by atoms with van der Waals surface area (Å²) in [5.74, 6) is 1.13. The number of piperazine rings is 1. The van der Waals surface area contributed by atoms with Crippen molar-refractivity contribution in [3.8, 4) is 11.1 Å². The molecule has 0 atom stereocenters. The smallest absolute Gasteiger partial charge is 0.165 e. The van der Waals surface area contributed by atoms with Crippen LogP contribution in [0.15, 0.2) is 60.7 Å². The van der Waals surface area contributed by atoms with E-state index in [0.29, 0.717) is 0 Å². The number of anilines is 1. The SMILES string of the molecule is Cc1nn2c(N3CCN(Cc4ccc(Cl)cc4)CC3)cc(C(C)(C)C)nc2c1-c1ccccc1. The highest BCUT2D eigenvalue weighted by atomic mass is 35.5. The zero-order valence-electron chi connectivity index (χ0n) is 20.4. The van der Waals surface area contributed by atoms with E-state index in [1.165, 1.54) is 5.56 Å². The molecule has 2 aromatic heterocycles. The third-order valence-corrected chi connectivity index (χ3v) is 6.84. The Labute approximate surface area is 207 Å². The Morgan fingerprint density at radius 1 is 0.912 bits per heavy atom. The van der Waals surface area contributed by atoms with Gasteiger partial charge in [0.2, 0.25) is 0 Å². The van der Waals surface area contributed by atoms with E-state index < -0.39 is 0 Å². The van der Waals surface area contributed by atoms with Crippen LogP contribution < -0.4 is 4.90 Å². The van der Waals surface area contributed by atoms with E-state index in [9.17, 15) is 0 Å². The molecular formula is C28H32ClN5. The van der Waals surface area contributed by atoms with Crippen LogP contribution in [0.25, 0.3) is 16.8 Å². The van der Waals surface area contributed by atoms with Crippen LogP contribution in [0, 0.1) is 6.92 Å². The van der Waals surface area contributed by atoms with Crippen molar-refractivity contribution in [2.75, 3.05) is 31.1 Å². The summed E-state index contributed by atoms with van der Waals surface area (Å²) in [6.45, 7) is 13.6. The lowest BCUT2D eigenvalue weighted by Gasteiger charge is -2.36. The van der Waals surface area contributed by atoms with Crippen molar-refractivity contribution < 1.29 is 0 Å². The molecule has 1 aliphatic rings. The average molecular weight is 474 g/mol. The van der Waals surface area contributed by atoms with Gasteiger partial charge in [0.25, 0.3) is 0 Å². The molecule has 2 aromatic carbocycles. The minimum atomic E-state index is -0.0565. The number of fused-ring (bicyclic) bond motifs is 1. The standard InChI is InChI=1S/C28H32ClN5/c1-20-26(22-8-6-5-7-9-22)27-30-24(28(2,3)4)18-25(34(27)31-20)33-16-14-32(15-17-33)19-21-10-12-23(29)13-11-21/h5-13,18H,14-17,19H2,1-4H3. The lowest BCUT2D eigenvalue weighted by atomic mass is 9.91. The second kappa shape index (κ2) is 9.05. The molecule has 0 radical (unpaired) electrons. The molecule has 0 amide bonds. The van der Waals surface area contributed by atoms with Gasteiger partial charge in [-0.25, -0.2) is 4.98 Å². The molecule has 176 valence electrons. The van der Waals surface area contributed by atoms with Crippen LogP contribution in [-0.2, 0) is 12.0 Å². The zero-order valence-corrected chi connectivity index (χ0v) is 21.2. The zero-order chi connectivity index (χ0) is 23.9. The Morgan fingerprint density at radius 3 is 2.24 bits per heavy atom. The van der Waals surface area contributed by atoms with E-state index >= 15 is 0 Å². The van der Waals surface area contributed by atoms with Gasteiger partial charge >= 0.3 is 0 Å². The van der Waals surface area contributed by atoms with Gasteiger partial charge in [-0.3, -0.25) is 4.90 Å². The van der Waals surface area contributed by atoms with Crippen molar-refractivity contribution in [1.82, 2.24) is 19.5 Å². The second-order valence-electron chi connectivity index (χ2n) is 10.2. The normalized spacial score (nSPS) is 15.3. The van der Waals surface area contributed by atoms with Crippen LogP contribution in [0.2, 0.25) is 5.02 Å². The van der Waals surface area contributed by atoms with Crippen LogP contribution in [0.3, 0.4) is 0 Å². The molecule has 34 heavy (non-hydrogen) atoms. The molecule has 0 unspecified atom stereocenters. The number of aromatic nitrogens is 3. The Bertz CT molecular complexity index is 1280. The number of nitrogens with zero attached hydrogens (tertiary/aromatic N) is 5. The first-order valence-corrected chi connectivity index (χ1v) is 12.4. The first-order chi connectivity index (χ1) is 16.3. The van der Waals surface area contributed by atoms with E-state index in [1.807, 2.05) is 18.2 Å². The quantitative estimate of drug-likeness (QED) is 0.365. The second-order valence-corrected chi connectivity index (χ2v) is 10.6. The van der Waals surface area contributed by atoms with Crippen molar-refractivity contribution in [3.63, 3.8) is 0 Å². The van der Waals surface area contributed by atoms with Gasteiger partial charge in [-0.05, 0) is 30.2 Å². The van der Waals surface area contributed by atoms with Crippen molar-refractivity contribution >= 4 is 23.1 Å². The largest absolute Gasteiger partial charge is 0.354 e. The first kappa shape index (κ1) is 22.9. The average Bonchev–Trinajstić information content (AvgIpc) is 3.16. The molecule has 0 bridgehead atoms. The molecule has 1 fully saturated rings. The van der Waals surface area contributed by atoms with Gasteiger partial charge in [-0.1, -0.05) is 74.8 Å². The summed E-state index contributed by atoms with van der Waals surface area (Å²) < 4.78 is 2.06. The number of halogens is 1. The molecule has 5 nitrogen and oxygen atoms in total. The van der Waals surface area contributed by atoms with Crippen LogP contribution in [0.1, 0.15) is 37.7 Å².